The third-order valence-electron chi connectivity index (χ3n) is 7.02. The Morgan fingerprint density at radius 1 is 0.865 bits per heavy atom. The molecule has 5 heteroatoms. The quantitative estimate of drug-likeness (QED) is 0.269. The standard InChI is InChI=1S/C32H27N5/c1-3-8-30-36-31-21(2)25(32-34-27-11-6-7-12-28(27)35-32)17-18-29(31)37(30)20-22-13-15-23(16-14-22)26-10-5-4-9-24(26)19-33/h4-7,9-18H,3,8,20H2,1-2H3,(H,34,35). The summed E-state index contributed by atoms with van der Waals surface area (Å²) in [6.45, 7) is 5.08. The van der Waals surface area contributed by atoms with Crippen LogP contribution in [0.2, 0.25) is 0 Å². The van der Waals surface area contributed by atoms with E-state index in [0.717, 1.165) is 75.4 Å². The number of hydrogen-bond acceptors (Lipinski definition) is 3. The molecule has 0 saturated heterocycles. The van der Waals surface area contributed by atoms with Gasteiger partial charge in [-0.2, -0.15) is 5.26 Å². The lowest BCUT2D eigenvalue weighted by Crippen LogP contribution is -2.05. The highest BCUT2D eigenvalue weighted by Crippen LogP contribution is 2.31. The highest BCUT2D eigenvalue weighted by molar-refractivity contribution is 5.88. The number of para-hydroxylation sites is 2. The van der Waals surface area contributed by atoms with E-state index in [1.54, 1.807) is 0 Å². The first-order chi connectivity index (χ1) is 18.2. The van der Waals surface area contributed by atoms with E-state index in [-0.39, 0.29) is 0 Å². The van der Waals surface area contributed by atoms with Crippen LogP contribution in [-0.2, 0) is 13.0 Å². The van der Waals surface area contributed by atoms with Crippen LogP contribution in [0.15, 0.2) is 84.9 Å². The lowest BCUT2D eigenvalue weighted by atomic mass is 9.99. The molecule has 180 valence electrons. The number of aryl methyl sites for hydroxylation is 2. The normalized spacial score (nSPS) is 11.3. The van der Waals surface area contributed by atoms with Gasteiger partial charge in [-0.05, 0) is 65.9 Å². The first-order valence-corrected chi connectivity index (χ1v) is 12.7. The van der Waals surface area contributed by atoms with Crippen LogP contribution in [0.5, 0.6) is 0 Å². The van der Waals surface area contributed by atoms with Gasteiger partial charge >= 0.3 is 0 Å². The zero-order chi connectivity index (χ0) is 25.4. The van der Waals surface area contributed by atoms with Crippen molar-refractivity contribution in [3.8, 4) is 28.6 Å². The van der Waals surface area contributed by atoms with Gasteiger partial charge in [0.1, 0.15) is 11.6 Å². The second kappa shape index (κ2) is 9.40. The minimum Gasteiger partial charge on any atom is -0.338 e. The van der Waals surface area contributed by atoms with Gasteiger partial charge in [0.25, 0.3) is 0 Å². The van der Waals surface area contributed by atoms with Gasteiger partial charge in [-0.3, -0.25) is 0 Å². The molecule has 0 aliphatic heterocycles. The second-order valence-corrected chi connectivity index (χ2v) is 9.43. The molecule has 0 bridgehead atoms. The van der Waals surface area contributed by atoms with Crippen molar-refractivity contribution in [1.29, 1.82) is 5.26 Å². The van der Waals surface area contributed by atoms with Crippen LogP contribution in [-0.4, -0.2) is 19.5 Å². The molecule has 2 heterocycles. The number of aromatic nitrogens is 4. The van der Waals surface area contributed by atoms with Crippen molar-refractivity contribution in [2.75, 3.05) is 0 Å². The molecule has 37 heavy (non-hydrogen) atoms. The van der Waals surface area contributed by atoms with Crippen LogP contribution in [0.1, 0.15) is 35.9 Å². The highest BCUT2D eigenvalue weighted by atomic mass is 15.1. The molecule has 0 radical (unpaired) electrons. The maximum atomic E-state index is 9.47. The van der Waals surface area contributed by atoms with E-state index in [9.17, 15) is 5.26 Å². The van der Waals surface area contributed by atoms with Gasteiger partial charge < -0.3 is 9.55 Å². The fourth-order valence-electron chi connectivity index (χ4n) is 5.11. The Bertz CT molecular complexity index is 1750. The van der Waals surface area contributed by atoms with E-state index in [4.69, 9.17) is 9.97 Å². The maximum absolute atomic E-state index is 9.47. The number of aromatic amines is 1. The summed E-state index contributed by atoms with van der Waals surface area (Å²) in [5, 5.41) is 9.47. The average Bonchev–Trinajstić information content (AvgIpc) is 3.51. The Kier molecular flexibility index (Phi) is 5.78. The molecule has 0 aliphatic rings. The van der Waals surface area contributed by atoms with E-state index in [1.165, 1.54) is 5.56 Å². The monoisotopic (exact) mass is 481 g/mol. The number of rotatable bonds is 6. The van der Waals surface area contributed by atoms with E-state index >= 15 is 0 Å². The minimum atomic E-state index is 0.691. The summed E-state index contributed by atoms with van der Waals surface area (Å²) in [6, 6.07) is 31.0. The summed E-state index contributed by atoms with van der Waals surface area (Å²) in [5.41, 5.74) is 10.3. The van der Waals surface area contributed by atoms with Crippen molar-refractivity contribution in [1.82, 2.24) is 19.5 Å². The molecule has 0 unspecified atom stereocenters. The predicted octanol–water partition coefficient (Wildman–Crippen LogP) is 7.43. The number of imidazole rings is 2. The average molecular weight is 482 g/mol. The van der Waals surface area contributed by atoms with E-state index in [1.807, 2.05) is 42.5 Å². The molecule has 0 atom stereocenters. The van der Waals surface area contributed by atoms with E-state index in [2.05, 4.69) is 71.9 Å². The Morgan fingerprint density at radius 3 is 2.43 bits per heavy atom. The molecule has 1 N–H and O–H groups in total. The fourth-order valence-corrected chi connectivity index (χ4v) is 5.11. The van der Waals surface area contributed by atoms with Crippen LogP contribution in [0.4, 0.5) is 0 Å². The maximum Gasteiger partial charge on any atom is 0.138 e. The van der Waals surface area contributed by atoms with Gasteiger partial charge in [-0.15, -0.1) is 0 Å². The number of nitrogens with zero attached hydrogens (tertiary/aromatic N) is 4. The number of benzene rings is 4. The molecule has 0 spiro atoms. The SMILES string of the molecule is CCCc1nc2c(C)c(-c3nc4ccccc4[nH]3)ccc2n1Cc1ccc(-c2ccccc2C#N)cc1. The molecule has 0 fully saturated rings. The van der Waals surface area contributed by atoms with Crippen molar-refractivity contribution in [2.24, 2.45) is 0 Å². The summed E-state index contributed by atoms with van der Waals surface area (Å²) >= 11 is 0. The second-order valence-electron chi connectivity index (χ2n) is 9.43. The van der Waals surface area contributed by atoms with Crippen molar-refractivity contribution >= 4 is 22.1 Å². The lowest BCUT2D eigenvalue weighted by Gasteiger charge is -2.11. The summed E-state index contributed by atoms with van der Waals surface area (Å²) in [6.07, 6.45) is 1.95. The molecular weight excluding hydrogens is 454 g/mol. The van der Waals surface area contributed by atoms with Gasteiger partial charge in [-0.1, -0.05) is 61.5 Å². The van der Waals surface area contributed by atoms with Crippen molar-refractivity contribution in [3.05, 3.63) is 107 Å². The summed E-state index contributed by atoms with van der Waals surface area (Å²) < 4.78 is 2.34. The number of nitriles is 1. The Labute approximate surface area is 216 Å². The molecule has 5 nitrogen and oxygen atoms in total. The predicted molar refractivity (Wildman–Crippen MR) is 149 cm³/mol. The van der Waals surface area contributed by atoms with Gasteiger partial charge in [0.05, 0.1) is 33.7 Å². The van der Waals surface area contributed by atoms with Gasteiger partial charge in [-0.25, -0.2) is 9.97 Å². The Balaban J connectivity index is 1.38. The van der Waals surface area contributed by atoms with Crippen LogP contribution < -0.4 is 0 Å². The molecule has 4 aromatic carbocycles. The van der Waals surface area contributed by atoms with Crippen molar-refractivity contribution in [2.45, 2.75) is 33.2 Å². The number of nitrogens with one attached hydrogen (secondary N) is 1. The van der Waals surface area contributed by atoms with Gasteiger partial charge in [0.2, 0.25) is 0 Å². The van der Waals surface area contributed by atoms with Gasteiger partial charge in [0.15, 0.2) is 0 Å². The smallest absolute Gasteiger partial charge is 0.138 e. The summed E-state index contributed by atoms with van der Waals surface area (Å²) in [7, 11) is 0. The van der Waals surface area contributed by atoms with Crippen LogP contribution in [0, 0.1) is 18.3 Å². The Hall–Kier alpha value is -4.69. The molecule has 2 aromatic heterocycles. The molecular formula is C32H27N5. The van der Waals surface area contributed by atoms with E-state index < -0.39 is 0 Å². The zero-order valence-corrected chi connectivity index (χ0v) is 21.0. The first-order valence-electron chi connectivity index (χ1n) is 12.7. The van der Waals surface area contributed by atoms with Crippen molar-refractivity contribution in [3.63, 3.8) is 0 Å². The topological polar surface area (TPSA) is 70.3 Å². The van der Waals surface area contributed by atoms with Crippen LogP contribution in [0.25, 0.3) is 44.6 Å². The fraction of sp³-hybridized carbons (Fsp3) is 0.156. The Morgan fingerprint density at radius 2 is 1.65 bits per heavy atom. The largest absolute Gasteiger partial charge is 0.338 e. The molecule has 6 aromatic rings. The zero-order valence-electron chi connectivity index (χ0n) is 21.0. The molecule has 0 aliphatic carbocycles. The number of H-pyrrole nitrogens is 1. The number of fused-ring (bicyclic) bond motifs is 2. The first kappa shape index (κ1) is 22.8. The van der Waals surface area contributed by atoms with Crippen LogP contribution >= 0.6 is 0 Å². The van der Waals surface area contributed by atoms with Gasteiger partial charge in [0, 0.05) is 18.5 Å². The third-order valence-corrected chi connectivity index (χ3v) is 7.02. The minimum absolute atomic E-state index is 0.691. The molecule has 6 rings (SSSR count). The summed E-state index contributed by atoms with van der Waals surface area (Å²) in [4.78, 5) is 13.4. The molecule has 0 amide bonds. The van der Waals surface area contributed by atoms with Crippen molar-refractivity contribution < 1.29 is 0 Å². The highest BCUT2D eigenvalue weighted by Gasteiger charge is 2.17. The van der Waals surface area contributed by atoms with Crippen LogP contribution in [0.3, 0.4) is 0 Å². The van der Waals surface area contributed by atoms with E-state index in [0.29, 0.717) is 5.56 Å². The number of hydrogen-bond donors (Lipinski definition) is 1. The summed E-state index contributed by atoms with van der Waals surface area (Å²) in [5.74, 6) is 1.97. The molecule has 0 saturated carbocycles. The third kappa shape index (κ3) is 4.07. The lowest BCUT2D eigenvalue weighted by molar-refractivity contribution is 0.722.